The van der Waals surface area contributed by atoms with Crippen molar-refractivity contribution in [2.75, 3.05) is 0 Å². The molecule has 1 fully saturated rings. The molecule has 74 valence electrons. The molecule has 1 heteroatoms. The fourth-order valence-corrected chi connectivity index (χ4v) is 2.20. The first-order valence-corrected chi connectivity index (χ1v) is 5.45. The van der Waals surface area contributed by atoms with E-state index in [4.69, 9.17) is 0 Å². The van der Waals surface area contributed by atoms with Crippen molar-refractivity contribution in [3.63, 3.8) is 0 Å². The van der Waals surface area contributed by atoms with Crippen LogP contribution >= 0.6 is 0 Å². The fourth-order valence-electron chi connectivity index (χ4n) is 2.20. The van der Waals surface area contributed by atoms with Gasteiger partial charge in [0.1, 0.15) is 5.78 Å². The van der Waals surface area contributed by atoms with Crippen molar-refractivity contribution in [1.29, 1.82) is 0 Å². The van der Waals surface area contributed by atoms with E-state index < -0.39 is 0 Å². The molecule has 0 N–H and O–H groups in total. The smallest absolute Gasteiger partial charge is 0.140 e. The molecule has 2 rings (SSSR count). The summed E-state index contributed by atoms with van der Waals surface area (Å²) in [6, 6.07) is 10.2. The van der Waals surface area contributed by atoms with E-state index in [9.17, 15) is 4.79 Å². The second-order valence-electron chi connectivity index (χ2n) is 4.03. The molecule has 0 spiro atoms. The predicted octanol–water partition coefficient (Wildman–Crippen LogP) is 3.30. The molecule has 0 radical (unpaired) electrons. The van der Waals surface area contributed by atoms with Gasteiger partial charge >= 0.3 is 0 Å². The lowest BCUT2D eigenvalue weighted by Gasteiger charge is -2.12. The van der Waals surface area contributed by atoms with Crippen molar-refractivity contribution in [3.05, 3.63) is 35.9 Å². The minimum absolute atomic E-state index is 0.179. The summed E-state index contributed by atoms with van der Waals surface area (Å²) >= 11 is 0. The van der Waals surface area contributed by atoms with Gasteiger partial charge in [-0.1, -0.05) is 43.2 Å². The summed E-state index contributed by atoms with van der Waals surface area (Å²) in [7, 11) is 0. The first-order chi connectivity index (χ1) is 6.88. The van der Waals surface area contributed by atoms with E-state index in [0.29, 0.717) is 5.78 Å². The normalized spacial score (nSPS) is 23.1. The number of ketones is 1. The van der Waals surface area contributed by atoms with E-state index in [1.807, 2.05) is 18.2 Å². The lowest BCUT2D eigenvalue weighted by molar-refractivity contribution is -0.120. The Balaban J connectivity index is 2.19. The van der Waals surface area contributed by atoms with Gasteiger partial charge in [0, 0.05) is 12.3 Å². The van der Waals surface area contributed by atoms with Crippen molar-refractivity contribution < 1.29 is 4.79 Å². The first kappa shape index (κ1) is 9.45. The Hall–Kier alpha value is -1.11. The highest BCUT2D eigenvalue weighted by atomic mass is 16.1. The Morgan fingerprint density at radius 3 is 2.57 bits per heavy atom. The molecule has 0 saturated heterocycles. The molecule has 0 aromatic heterocycles. The number of carbonyl (C=O) groups is 1. The summed E-state index contributed by atoms with van der Waals surface area (Å²) < 4.78 is 0. The maximum absolute atomic E-state index is 11.8. The Labute approximate surface area is 85.1 Å². The Bertz CT molecular complexity index is 302. The summed E-state index contributed by atoms with van der Waals surface area (Å²) in [6.07, 6.45) is 5.32. The molecular formula is C13H16O. The van der Waals surface area contributed by atoms with E-state index in [1.165, 1.54) is 18.4 Å². The second-order valence-corrected chi connectivity index (χ2v) is 4.03. The number of Topliss-reactive ketones (excluding diaryl/α,β-unsaturated/α-hetero) is 1. The Morgan fingerprint density at radius 1 is 1.00 bits per heavy atom. The van der Waals surface area contributed by atoms with Crippen LogP contribution in [-0.4, -0.2) is 5.78 Å². The van der Waals surface area contributed by atoms with Gasteiger partial charge in [0.2, 0.25) is 0 Å². The van der Waals surface area contributed by atoms with Crippen molar-refractivity contribution in [1.82, 2.24) is 0 Å². The van der Waals surface area contributed by atoms with E-state index in [1.54, 1.807) is 0 Å². The number of hydrogen-bond donors (Lipinski definition) is 0. The molecule has 0 bridgehead atoms. The standard InChI is InChI=1S/C13H16O/c14-13-10-6-2-5-9-12(13)11-7-3-1-4-8-11/h1,3-4,7-8,12H,2,5-6,9-10H2. The highest BCUT2D eigenvalue weighted by Gasteiger charge is 2.21. The van der Waals surface area contributed by atoms with Crippen molar-refractivity contribution in [2.24, 2.45) is 0 Å². The quantitative estimate of drug-likeness (QED) is 0.618. The third kappa shape index (κ3) is 2.03. The van der Waals surface area contributed by atoms with Gasteiger partial charge < -0.3 is 0 Å². The first-order valence-electron chi connectivity index (χ1n) is 5.45. The summed E-state index contributed by atoms with van der Waals surface area (Å²) in [6.45, 7) is 0. The third-order valence-corrected chi connectivity index (χ3v) is 3.01. The van der Waals surface area contributed by atoms with Crippen LogP contribution in [0.5, 0.6) is 0 Å². The van der Waals surface area contributed by atoms with Gasteiger partial charge in [-0.25, -0.2) is 0 Å². The average Bonchev–Trinajstić information content (AvgIpc) is 2.44. The zero-order valence-corrected chi connectivity index (χ0v) is 8.41. The van der Waals surface area contributed by atoms with Crippen LogP contribution in [0, 0.1) is 0 Å². The molecule has 1 aliphatic rings. The second kappa shape index (κ2) is 4.41. The zero-order chi connectivity index (χ0) is 9.80. The van der Waals surface area contributed by atoms with E-state index >= 15 is 0 Å². The van der Waals surface area contributed by atoms with Crippen molar-refractivity contribution >= 4 is 5.78 Å². The molecule has 0 amide bonds. The van der Waals surface area contributed by atoms with Crippen molar-refractivity contribution in [3.8, 4) is 0 Å². The lowest BCUT2D eigenvalue weighted by Crippen LogP contribution is -2.09. The van der Waals surface area contributed by atoms with Gasteiger partial charge in [-0.15, -0.1) is 0 Å². The maximum Gasteiger partial charge on any atom is 0.140 e. The van der Waals surface area contributed by atoms with Crippen LogP contribution in [0.25, 0.3) is 0 Å². The van der Waals surface area contributed by atoms with Crippen LogP contribution < -0.4 is 0 Å². The third-order valence-electron chi connectivity index (χ3n) is 3.01. The maximum atomic E-state index is 11.8. The molecule has 1 aromatic carbocycles. The van der Waals surface area contributed by atoms with Crippen LogP contribution in [0.1, 0.15) is 43.6 Å². The Morgan fingerprint density at radius 2 is 1.79 bits per heavy atom. The van der Waals surface area contributed by atoms with E-state index in [0.717, 1.165) is 19.3 Å². The van der Waals surface area contributed by atoms with Crippen molar-refractivity contribution in [2.45, 2.75) is 38.0 Å². The topological polar surface area (TPSA) is 17.1 Å². The SMILES string of the molecule is O=C1CCCCCC1c1ccccc1. The zero-order valence-electron chi connectivity index (χ0n) is 8.41. The molecule has 1 saturated carbocycles. The van der Waals surface area contributed by atoms with Crippen LogP contribution in [0.15, 0.2) is 30.3 Å². The highest BCUT2D eigenvalue weighted by molar-refractivity contribution is 5.85. The van der Waals surface area contributed by atoms with Crippen LogP contribution in [0.3, 0.4) is 0 Å². The van der Waals surface area contributed by atoms with Crippen LogP contribution in [0.2, 0.25) is 0 Å². The molecule has 0 aliphatic heterocycles. The molecular weight excluding hydrogens is 172 g/mol. The molecule has 14 heavy (non-hydrogen) atoms. The summed E-state index contributed by atoms with van der Waals surface area (Å²) in [4.78, 5) is 11.8. The average molecular weight is 188 g/mol. The summed E-state index contributed by atoms with van der Waals surface area (Å²) in [5.74, 6) is 0.618. The molecule has 1 atom stereocenters. The molecule has 1 nitrogen and oxygen atoms in total. The predicted molar refractivity (Wildman–Crippen MR) is 57.3 cm³/mol. The monoisotopic (exact) mass is 188 g/mol. The molecule has 1 unspecified atom stereocenters. The van der Waals surface area contributed by atoms with Gasteiger partial charge in [-0.05, 0) is 18.4 Å². The van der Waals surface area contributed by atoms with Gasteiger partial charge in [0.25, 0.3) is 0 Å². The number of benzene rings is 1. The van der Waals surface area contributed by atoms with Crippen LogP contribution in [0.4, 0.5) is 0 Å². The highest BCUT2D eigenvalue weighted by Crippen LogP contribution is 2.28. The summed E-state index contributed by atoms with van der Waals surface area (Å²) in [5, 5.41) is 0. The van der Waals surface area contributed by atoms with Gasteiger partial charge in [-0.3, -0.25) is 4.79 Å². The lowest BCUT2D eigenvalue weighted by atomic mass is 9.91. The molecule has 1 aliphatic carbocycles. The van der Waals surface area contributed by atoms with Gasteiger partial charge in [0.15, 0.2) is 0 Å². The van der Waals surface area contributed by atoms with E-state index in [2.05, 4.69) is 12.1 Å². The number of rotatable bonds is 1. The summed E-state index contributed by atoms with van der Waals surface area (Å²) in [5.41, 5.74) is 1.21. The van der Waals surface area contributed by atoms with Gasteiger partial charge in [0.05, 0.1) is 0 Å². The molecule has 0 heterocycles. The largest absolute Gasteiger partial charge is 0.299 e. The number of hydrogen-bond acceptors (Lipinski definition) is 1. The molecule has 1 aromatic rings. The Kier molecular flexibility index (Phi) is 2.97. The van der Waals surface area contributed by atoms with Crippen LogP contribution in [-0.2, 0) is 4.79 Å². The minimum Gasteiger partial charge on any atom is -0.299 e. The van der Waals surface area contributed by atoms with Gasteiger partial charge in [-0.2, -0.15) is 0 Å². The van der Waals surface area contributed by atoms with E-state index in [-0.39, 0.29) is 5.92 Å². The minimum atomic E-state index is 0.179. The fraction of sp³-hybridized carbons (Fsp3) is 0.462. The number of carbonyl (C=O) groups excluding carboxylic acids is 1.